The van der Waals surface area contributed by atoms with Gasteiger partial charge in [0.2, 0.25) is 5.89 Å². The second-order valence-corrected chi connectivity index (χ2v) is 4.93. The fraction of sp³-hybridized carbons (Fsp3) is 0.250. The number of carbonyl (C=O) groups excluding carboxylic acids is 1. The number of nitrogens with zero attached hydrogens (tertiary/aromatic N) is 2. The van der Waals surface area contributed by atoms with Crippen LogP contribution in [0.25, 0.3) is 0 Å². The van der Waals surface area contributed by atoms with Crippen LogP contribution >= 0.6 is 23.2 Å². The van der Waals surface area contributed by atoms with Gasteiger partial charge in [-0.1, -0.05) is 28.4 Å². The largest absolute Gasteiger partial charge is 0.378 e. The molecule has 1 unspecified atom stereocenters. The Balaban J connectivity index is 2.01. The summed E-state index contributed by atoms with van der Waals surface area (Å²) in [5.41, 5.74) is 0.307. The maximum absolute atomic E-state index is 11.8. The van der Waals surface area contributed by atoms with Crippen molar-refractivity contribution in [3.63, 3.8) is 0 Å². The lowest BCUT2D eigenvalue weighted by molar-refractivity contribution is -0.129. The molecule has 0 saturated heterocycles. The van der Waals surface area contributed by atoms with Crippen LogP contribution in [-0.4, -0.2) is 21.2 Å². The molecule has 0 fully saturated rings. The van der Waals surface area contributed by atoms with E-state index in [9.17, 15) is 9.90 Å². The summed E-state index contributed by atoms with van der Waals surface area (Å²) in [7, 11) is 0. The number of aromatic nitrogens is 2. The number of aryl methyl sites for hydroxylation is 1. The third-order valence-electron chi connectivity index (χ3n) is 2.43. The topological polar surface area (TPSA) is 88.2 Å². The number of nitrogens with one attached hydrogen (secondary N) is 1. The number of benzene rings is 1. The van der Waals surface area contributed by atoms with E-state index in [0.29, 0.717) is 21.4 Å². The van der Waals surface area contributed by atoms with Gasteiger partial charge in [0.25, 0.3) is 5.91 Å². The summed E-state index contributed by atoms with van der Waals surface area (Å²) >= 11 is 11.6. The molecule has 2 aromatic rings. The highest BCUT2D eigenvalue weighted by Crippen LogP contribution is 2.23. The predicted molar refractivity (Wildman–Crippen MR) is 72.3 cm³/mol. The van der Waals surface area contributed by atoms with Gasteiger partial charge >= 0.3 is 0 Å². The van der Waals surface area contributed by atoms with Crippen molar-refractivity contribution in [1.29, 1.82) is 0 Å². The molecule has 2 rings (SSSR count). The number of amides is 1. The Morgan fingerprint density at radius 3 is 2.60 bits per heavy atom. The first-order valence-electron chi connectivity index (χ1n) is 5.66. The number of aliphatic hydroxyl groups is 1. The van der Waals surface area contributed by atoms with Gasteiger partial charge in [0.15, 0.2) is 11.9 Å². The second-order valence-electron chi connectivity index (χ2n) is 4.06. The maximum Gasteiger partial charge on any atom is 0.253 e. The van der Waals surface area contributed by atoms with Crippen molar-refractivity contribution in [3.05, 3.63) is 45.5 Å². The van der Waals surface area contributed by atoms with E-state index in [4.69, 9.17) is 27.7 Å². The Labute approximate surface area is 124 Å². The number of carbonyl (C=O) groups is 1. The molecule has 106 valence electrons. The number of hydrogen-bond donors (Lipinski definition) is 2. The van der Waals surface area contributed by atoms with Crippen LogP contribution in [0.3, 0.4) is 0 Å². The summed E-state index contributed by atoms with van der Waals surface area (Å²) < 4.78 is 4.84. The molecule has 0 aliphatic rings. The van der Waals surface area contributed by atoms with E-state index in [0.717, 1.165) is 0 Å². The minimum absolute atomic E-state index is 0.0328. The molecule has 20 heavy (non-hydrogen) atoms. The van der Waals surface area contributed by atoms with Crippen molar-refractivity contribution in [2.75, 3.05) is 0 Å². The van der Waals surface area contributed by atoms with Crippen LogP contribution in [0.5, 0.6) is 0 Å². The van der Waals surface area contributed by atoms with Gasteiger partial charge in [0.1, 0.15) is 0 Å². The summed E-state index contributed by atoms with van der Waals surface area (Å²) in [5.74, 6) is 0.114. The minimum Gasteiger partial charge on any atom is -0.378 e. The Morgan fingerprint density at radius 1 is 1.40 bits per heavy atom. The van der Waals surface area contributed by atoms with Crippen molar-refractivity contribution < 1.29 is 14.4 Å². The second kappa shape index (κ2) is 6.21. The lowest BCUT2D eigenvalue weighted by Crippen LogP contribution is -2.29. The molecule has 1 atom stereocenters. The monoisotopic (exact) mass is 315 g/mol. The van der Waals surface area contributed by atoms with Crippen molar-refractivity contribution in [2.45, 2.75) is 19.6 Å². The normalized spacial score (nSPS) is 12.2. The number of aliphatic hydroxyl groups excluding tert-OH is 1. The molecule has 0 spiro atoms. The van der Waals surface area contributed by atoms with E-state index in [-0.39, 0.29) is 12.4 Å². The molecule has 1 amide bonds. The molecule has 8 heteroatoms. The van der Waals surface area contributed by atoms with Crippen LogP contribution in [0.2, 0.25) is 10.0 Å². The van der Waals surface area contributed by atoms with Gasteiger partial charge in [-0.15, -0.1) is 0 Å². The highest BCUT2D eigenvalue weighted by molar-refractivity contribution is 6.34. The highest BCUT2D eigenvalue weighted by Gasteiger charge is 2.19. The van der Waals surface area contributed by atoms with E-state index in [1.54, 1.807) is 6.92 Å². The van der Waals surface area contributed by atoms with Gasteiger partial charge in [-0.3, -0.25) is 4.79 Å². The van der Waals surface area contributed by atoms with E-state index in [1.807, 2.05) is 0 Å². The molecule has 1 aromatic carbocycles. The van der Waals surface area contributed by atoms with Gasteiger partial charge in [-0.2, -0.15) is 4.98 Å². The lowest BCUT2D eigenvalue weighted by Gasteiger charge is -2.11. The zero-order valence-electron chi connectivity index (χ0n) is 10.4. The average Bonchev–Trinajstić information content (AvgIpc) is 2.79. The third kappa shape index (κ3) is 3.69. The Hall–Kier alpha value is -1.63. The van der Waals surface area contributed by atoms with E-state index in [1.165, 1.54) is 18.2 Å². The van der Waals surface area contributed by atoms with Gasteiger partial charge in [0.05, 0.1) is 6.54 Å². The van der Waals surface area contributed by atoms with Crippen molar-refractivity contribution in [1.82, 2.24) is 15.5 Å². The summed E-state index contributed by atoms with van der Waals surface area (Å²) in [6.45, 7) is 1.70. The van der Waals surface area contributed by atoms with Gasteiger partial charge in [-0.05, 0) is 30.7 Å². The minimum atomic E-state index is -1.38. The molecule has 0 aliphatic carbocycles. The maximum atomic E-state index is 11.8. The zero-order valence-corrected chi connectivity index (χ0v) is 11.9. The molecule has 0 saturated carbocycles. The van der Waals surface area contributed by atoms with E-state index >= 15 is 0 Å². The summed E-state index contributed by atoms with van der Waals surface area (Å²) in [6, 6.07) is 4.45. The first-order valence-corrected chi connectivity index (χ1v) is 6.42. The quantitative estimate of drug-likeness (QED) is 0.901. The Kier molecular flexibility index (Phi) is 4.59. The average molecular weight is 316 g/mol. The molecule has 0 radical (unpaired) electrons. The molecule has 1 heterocycles. The van der Waals surface area contributed by atoms with Crippen molar-refractivity contribution in [3.8, 4) is 0 Å². The summed E-state index contributed by atoms with van der Waals surface area (Å²) in [6.07, 6.45) is -1.38. The predicted octanol–water partition coefficient (Wildman–Crippen LogP) is 2.03. The summed E-state index contributed by atoms with van der Waals surface area (Å²) in [5, 5.41) is 16.7. The van der Waals surface area contributed by atoms with Gasteiger partial charge < -0.3 is 14.9 Å². The number of rotatable bonds is 4. The Bertz CT molecular complexity index is 610. The zero-order chi connectivity index (χ0) is 14.7. The first-order chi connectivity index (χ1) is 9.45. The summed E-state index contributed by atoms with van der Waals surface area (Å²) in [4.78, 5) is 15.7. The number of halogens is 2. The van der Waals surface area contributed by atoms with Crippen LogP contribution in [0.4, 0.5) is 0 Å². The smallest absolute Gasteiger partial charge is 0.253 e. The first kappa shape index (κ1) is 14.8. The molecule has 0 bridgehead atoms. The lowest BCUT2D eigenvalue weighted by atomic mass is 10.1. The highest BCUT2D eigenvalue weighted by atomic mass is 35.5. The molecule has 1 aromatic heterocycles. The van der Waals surface area contributed by atoms with Crippen molar-refractivity contribution in [2.24, 2.45) is 0 Å². The molecule has 2 N–H and O–H groups in total. The van der Waals surface area contributed by atoms with Crippen LogP contribution in [0, 0.1) is 6.92 Å². The third-order valence-corrected chi connectivity index (χ3v) is 2.87. The van der Waals surface area contributed by atoms with Crippen LogP contribution in [0.1, 0.15) is 23.4 Å². The SMILES string of the molecule is Cc1noc(CNC(=O)C(O)c2cc(Cl)cc(Cl)c2)n1. The number of hydrogen-bond acceptors (Lipinski definition) is 5. The molecule has 0 aliphatic heterocycles. The standard InChI is InChI=1S/C12H11Cl2N3O3/c1-6-16-10(20-17-6)5-15-12(19)11(18)7-2-8(13)4-9(14)3-7/h2-4,11,18H,5H2,1H3,(H,15,19). The van der Waals surface area contributed by atoms with Crippen molar-refractivity contribution >= 4 is 29.1 Å². The van der Waals surface area contributed by atoms with Crippen LogP contribution < -0.4 is 5.32 Å². The molecular weight excluding hydrogens is 305 g/mol. The van der Waals surface area contributed by atoms with Gasteiger partial charge in [0, 0.05) is 10.0 Å². The van der Waals surface area contributed by atoms with E-state index in [2.05, 4.69) is 15.5 Å². The molecular formula is C12H11Cl2N3O3. The fourth-order valence-corrected chi connectivity index (χ4v) is 2.10. The van der Waals surface area contributed by atoms with Gasteiger partial charge in [-0.25, -0.2) is 0 Å². The van der Waals surface area contributed by atoms with Crippen LogP contribution in [-0.2, 0) is 11.3 Å². The van der Waals surface area contributed by atoms with E-state index < -0.39 is 12.0 Å². The Morgan fingerprint density at radius 2 is 2.05 bits per heavy atom. The van der Waals surface area contributed by atoms with Crippen LogP contribution in [0.15, 0.2) is 22.7 Å². The fourth-order valence-electron chi connectivity index (χ4n) is 1.56. The molecule has 6 nitrogen and oxygen atoms in total.